The van der Waals surface area contributed by atoms with Gasteiger partial charge in [-0.25, -0.2) is 9.97 Å². The van der Waals surface area contributed by atoms with Crippen molar-refractivity contribution in [2.24, 2.45) is 0 Å². The maximum atomic E-state index is 4.52. The third-order valence-corrected chi connectivity index (χ3v) is 4.21. The number of hydrogen-bond donors (Lipinski definition) is 0. The predicted molar refractivity (Wildman–Crippen MR) is 91.2 cm³/mol. The van der Waals surface area contributed by atoms with Crippen LogP contribution in [-0.4, -0.2) is 21.1 Å². The highest BCUT2D eigenvalue weighted by Gasteiger charge is 2.36. The van der Waals surface area contributed by atoms with E-state index in [2.05, 4.69) is 68.9 Å². The molecule has 0 amide bonds. The van der Waals surface area contributed by atoms with Crippen molar-refractivity contribution >= 4 is 22.9 Å². The number of aryl methyl sites for hydroxylation is 1. The van der Waals surface area contributed by atoms with Crippen molar-refractivity contribution in [2.45, 2.75) is 20.0 Å². The molecular weight excluding hydrogens is 286 g/mol. The number of pyridine rings is 1. The smallest absolute Gasteiger partial charge is 0.162 e. The molecule has 1 aliphatic heterocycles. The van der Waals surface area contributed by atoms with E-state index < -0.39 is 0 Å². The Morgan fingerprint density at radius 2 is 1.78 bits per heavy atom. The normalized spacial score (nSPS) is 16.5. The lowest BCUT2D eigenvalue weighted by molar-refractivity contribution is 0.754. The molecule has 0 radical (unpaired) electrons. The van der Waals surface area contributed by atoms with Crippen molar-refractivity contribution < 1.29 is 0 Å². The second-order valence-corrected chi connectivity index (χ2v) is 5.60. The third-order valence-electron chi connectivity index (χ3n) is 4.21. The number of fused-ring (bicyclic) bond motifs is 1. The summed E-state index contributed by atoms with van der Waals surface area (Å²) in [5.74, 6) is 0.906. The van der Waals surface area contributed by atoms with Crippen LogP contribution >= 0.6 is 0 Å². The number of benzene rings is 1. The van der Waals surface area contributed by atoms with Gasteiger partial charge >= 0.3 is 0 Å². The van der Waals surface area contributed by atoms with Crippen LogP contribution in [0.3, 0.4) is 0 Å². The Hall–Kier alpha value is -2.95. The molecule has 3 aromatic rings. The van der Waals surface area contributed by atoms with E-state index in [1.807, 2.05) is 18.5 Å². The van der Waals surface area contributed by atoms with E-state index in [0.29, 0.717) is 0 Å². The Balaban J connectivity index is 1.89. The molecular formula is C18H17N5. The minimum Gasteiger partial charge on any atom is -0.316 e. The molecule has 4 rings (SSSR count). The van der Waals surface area contributed by atoms with Crippen molar-refractivity contribution in [2.75, 3.05) is 9.80 Å². The van der Waals surface area contributed by atoms with Gasteiger partial charge < -0.3 is 9.80 Å². The Morgan fingerprint density at radius 3 is 2.57 bits per heavy atom. The first kappa shape index (κ1) is 13.7. The summed E-state index contributed by atoms with van der Waals surface area (Å²) >= 11 is 0. The van der Waals surface area contributed by atoms with Crippen LogP contribution in [0.2, 0.25) is 0 Å². The van der Waals surface area contributed by atoms with Gasteiger partial charge in [-0.1, -0.05) is 18.2 Å². The van der Waals surface area contributed by atoms with Crippen LogP contribution in [0.5, 0.6) is 0 Å². The number of aromatic nitrogens is 3. The van der Waals surface area contributed by atoms with Crippen molar-refractivity contribution in [3.8, 4) is 0 Å². The maximum Gasteiger partial charge on any atom is 0.162 e. The summed E-state index contributed by atoms with van der Waals surface area (Å²) in [5.41, 5.74) is 4.43. The second kappa shape index (κ2) is 5.35. The predicted octanol–water partition coefficient (Wildman–Crippen LogP) is 3.82. The van der Waals surface area contributed by atoms with Gasteiger partial charge in [0.25, 0.3) is 0 Å². The summed E-state index contributed by atoms with van der Waals surface area (Å²) in [4.78, 5) is 17.5. The first-order chi connectivity index (χ1) is 11.3. The molecule has 23 heavy (non-hydrogen) atoms. The minimum absolute atomic E-state index is 0.0898. The highest BCUT2D eigenvalue weighted by atomic mass is 15.4. The molecule has 3 heterocycles. The number of hydrogen-bond acceptors (Lipinski definition) is 5. The average molecular weight is 303 g/mol. The van der Waals surface area contributed by atoms with E-state index in [4.69, 9.17) is 0 Å². The largest absolute Gasteiger partial charge is 0.316 e. The molecule has 5 heteroatoms. The lowest BCUT2D eigenvalue weighted by atomic mass is 10.1. The SMILES string of the molecule is Cc1ccccc1N1c2cncnc2N(c2cccnc2)C1C. The molecule has 1 atom stereocenters. The van der Waals surface area contributed by atoms with Crippen LogP contribution < -0.4 is 9.80 Å². The number of rotatable bonds is 2. The topological polar surface area (TPSA) is 45.2 Å². The second-order valence-electron chi connectivity index (χ2n) is 5.60. The Morgan fingerprint density at radius 1 is 0.913 bits per heavy atom. The number of para-hydroxylation sites is 1. The standard InChI is InChI=1S/C18H17N5/c1-13-6-3-4-8-16(13)23-14(2)22(15-7-5-9-19-10-15)18-17(23)11-20-12-21-18/h3-12,14H,1-2H3. The van der Waals surface area contributed by atoms with Crippen LogP contribution in [0.15, 0.2) is 61.3 Å². The molecule has 0 aliphatic carbocycles. The van der Waals surface area contributed by atoms with Gasteiger partial charge in [0, 0.05) is 11.9 Å². The Bertz CT molecular complexity index is 834. The maximum absolute atomic E-state index is 4.52. The molecule has 0 N–H and O–H groups in total. The van der Waals surface area contributed by atoms with E-state index >= 15 is 0 Å². The average Bonchev–Trinajstić information content (AvgIpc) is 2.88. The van der Waals surface area contributed by atoms with Crippen molar-refractivity contribution in [3.63, 3.8) is 0 Å². The number of anilines is 4. The lowest BCUT2D eigenvalue weighted by Gasteiger charge is -2.30. The fraction of sp³-hybridized carbons (Fsp3) is 0.167. The van der Waals surface area contributed by atoms with E-state index in [1.54, 1.807) is 12.5 Å². The molecule has 1 aromatic carbocycles. The quantitative estimate of drug-likeness (QED) is 0.720. The summed E-state index contributed by atoms with van der Waals surface area (Å²) in [6, 6.07) is 12.4. The summed E-state index contributed by atoms with van der Waals surface area (Å²) in [6.45, 7) is 4.29. The Kier molecular flexibility index (Phi) is 3.19. The van der Waals surface area contributed by atoms with Crippen LogP contribution in [0, 0.1) is 6.92 Å². The first-order valence-electron chi connectivity index (χ1n) is 7.61. The molecule has 0 bridgehead atoms. The summed E-state index contributed by atoms with van der Waals surface area (Å²) < 4.78 is 0. The van der Waals surface area contributed by atoms with Crippen LogP contribution in [-0.2, 0) is 0 Å². The van der Waals surface area contributed by atoms with Crippen LogP contribution in [0.25, 0.3) is 0 Å². The molecule has 0 fully saturated rings. The molecule has 0 spiro atoms. The zero-order valence-corrected chi connectivity index (χ0v) is 13.1. The molecule has 114 valence electrons. The zero-order valence-electron chi connectivity index (χ0n) is 13.1. The van der Waals surface area contributed by atoms with E-state index in [1.165, 1.54) is 11.3 Å². The lowest BCUT2D eigenvalue weighted by Crippen LogP contribution is -2.35. The zero-order chi connectivity index (χ0) is 15.8. The Labute approximate surface area is 135 Å². The van der Waals surface area contributed by atoms with Gasteiger partial charge in [-0.15, -0.1) is 0 Å². The van der Waals surface area contributed by atoms with Gasteiger partial charge in [-0.05, 0) is 37.6 Å². The molecule has 0 saturated heterocycles. The van der Waals surface area contributed by atoms with Crippen molar-refractivity contribution in [3.05, 3.63) is 66.9 Å². The first-order valence-corrected chi connectivity index (χ1v) is 7.61. The van der Waals surface area contributed by atoms with E-state index in [0.717, 1.165) is 17.2 Å². The van der Waals surface area contributed by atoms with Crippen molar-refractivity contribution in [1.82, 2.24) is 15.0 Å². The molecule has 1 unspecified atom stereocenters. The van der Waals surface area contributed by atoms with Crippen LogP contribution in [0.4, 0.5) is 22.9 Å². The molecule has 2 aromatic heterocycles. The van der Waals surface area contributed by atoms with E-state index in [-0.39, 0.29) is 6.17 Å². The van der Waals surface area contributed by atoms with Gasteiger partial charge in [0.05, 0.1) is 18.1 Å². The molecule has 1 aliphatic rings. The van der Waals surface area contributed by atoms with Gasteiger partial charge in [0.1, 0.15) is 18.2 Å². The van der Waals surface area contributed by atoms with Gasteiger partial charge in [0.15, 0.2) is 5.82 Å². The highest BCUT2D eigenvalue weighted by Crippen LogP contribution is 2.46. The summed E-state index contributed by atoms with van der Waals surface area (Å²) in [5, 5.41) is 0. The van der Waals surface area contributed by atoms with Gasteiger partial charge in [-0.3, -0.25) is 4.98 Å². The summed E-state index contributed by atoms with van der Waals surface area (Å²) in [6.07, 6.45) is 7.21. The third kappa shape index (κ3) is 2.12. The minimum atomic E-state index is 0.0898. The van der Waals surface area contributed by atoms with Gasteiger partial charge in [0.2, 0.25) is 0 Å². The fourth-order valence-electron chi connectivity index (χ4n) is 3.16. The van der Waals surface area contributed by atoms with Gasteiger partial charge in [-0.2, -0.15) is 0 Å². The van der Waals surface area contributed by atoms with E-state index in [9.17, 15) is 0 Å². The van der Waals surface area contributed by atoms with Crippen molar-refractivity contribution in [1.29, 1.82) is 0 Å². The number of nitrogens with zero attached hydrogens (tertiary/aromatic N) is 5. The fourth-order valence-corrected chi connectivity index (χ4v) is 3.16. The monoisotopic (exact) mass is 303 g/mol. The molecule has 0 saturated carbocycles. The van der Waals surface area contributed by atoms with Crippen LogP contribution in [0.1, 0.15) is 12.5 Å². The highest BCUT2D eigenvalue weighted by molar-refractivity contribution is 5.85. The summed E-state index contributed by atoms with van der Waals surface area (Å²) in [7, 11) is 0. The molecule has 5 nitrogen and oxygen atoms in total.